The van der Waals surface area contributed by atoms with Crippen LogP contribution < -0.4 is 15.4 Å². The second-order valence-corrected chi connectivity index (χ2v) is 4.66. The molecule has 0 bridgehead atoms. The van der Waals surface area contributed by atoms with Crippen molar-refractivity contribution in [3.8, 4) is 5.75 Å². The van der Waals surface area contributed by atoms with Crippen LogP contribution in [0.1, 0.15) is 18.1 Å². The Kier molecular flexibility index (Phi) is 6.44. The Morgan fingerprint density at radius 2 is 2.09 bits per heavy atom. The van der Waals surface area contributed by atoms with Crippen molar-refractivity contribution in [3.63, 3.8) is 0 Å². The summed E-state index contributed by atoms with van der Waals surface area (Å²) in [7, 11) is 0. The number of hydrogen-bond donors (Lipinski definition) is 3. The van der Waals surface area contributed by atoms with Gasteiger partial charge in [-0.25, -0.2) is 4.98 Å². The standard InChI is InChI=1S/C14H18N6O.HI/c1-2-5-11(6-3-1)21-10-13-18-12(19-20-13)9-17-14-15-7-4-8-16-14;/h1-3,5-6H,4,7-10H2,(H2,15,16,17)(H,18,19,20);1H. The van der Waals surface area contributed by atoms with E-state index in [1.807, 2.05) is 30.3 Å². The van der Waals surface area contributed by atoms with Crippen LogP contribution in [0.15, 0.2) is 35.3 Å². The van der Waals surface area contributed by atoms with Crippen LogP contribution in [0.5, 0.6) is 5.75 Å². The summed E-state index contributed by atoms with van der Waals surface area (Å²) in [5.41, 5.74) is 0. The predicted octanol–water partition coefficient (Wildman–Crippen LogP) is 1.44. The molecule has 0 saturated carbocycles. The number of guanidine groups is 1. The predicted molar refractivity (Wildman–Crippen MR) is 94.3 cm³/mol. The van der Waals surface area contributed by atoms with Gasteiger partial charge in [0.15, 0.2) is 17.6 Å². The Morgan fingerprint density at radius 1 is 1.23 bits per heavy atom. The molecule has 1 aromatic heterocycles. The molecule has 1 aromatic carbocycles. The first kappa shape index (κ1) is 16.5. The molecule has 2 heterocycles. The highest BCUT2D eigenvalue weighted by Gasteiger charge is 2.07. The Hall–Kier alpha value is -1.84. The second-order valence-electron chi connectivity index (χ2n) is 4.66. The van der Waals surface area contributed by atoms with Crippen LogP contribution in [-0.2, 0) is 13.2 Å². The normalized spacial score (nSPS) is 13.5. The minimum absolute atomic E-state index is 0. The van der Waals surface area contributed by atoms with Crippen LogP contribution in [0.25, 0.3) is 0 Å². The van der Waals surface area contributed by atoms with Crippen LogP contribution >= 0.6 is 24.0 Å². The summed E-state index contributed by atoms with van der Waals surface area (Å²) >= 11 is 0. The number of aromatic nitrogens is 3. The van der Waals surface area contributed by atoms with Gasteiger partial charge in [-0.3, -0.25) is 10.1 Å². The number of benzene rings is 1. The Labute approximate surface area is 146 Å². The third-order valence-corrected chi connectivity index (χ3v) is 3.01. The number of ether oxygens (including phenoxy) is 1. The molecule has 1 aliphatic rings. The van der Waals surface area contributed by atoms with Crippen LogP contribution in [0.4, 0.5) is 0 Å². The summed E-state index contributed by atoms with van der Waals surface area (Å²) in [6.07, 6.45) is 1.08. The lowest BCUT2D eigenvalue weighted by Gasteiger charge is -2.14. The zero-order chi connectivity index (χ0) is 14.3. The molecule has 0 spiro atoms. The molecule has 2 aromatic rings. The minimum atomic E-state index is 0. The van der Waals surface area contributed by atoms with Crippen LogP contribution in [0.2, 0.25) is 0 Å². The fourth-order valence-corrected chi connectivity index (χ4v) is 1.96. The van der Waals surface area contributed by atoms with Gasteiger partial charge in [0.05, 0.1) is 6.54 Å². The van der Waals surface area contributed by atoms with E-state index in [2.05, 4.69) is 30.8 Å². The smallest absolute Gasteiger partial charge is 0.191 e. The molecule has 0 aliphatic carbocycles. The molecule has 0 saturated heterocycles. The van der Waals surface area contributed by atoms with Gasteiger partial charge in [-0.1, -0.05) is 18.2 Å². The number of aromatic amines is 1. The van der Waals surface area contributed by atoms with Crippen LogP contribution in [-0.4, -0.2) is 34.2 Å². The fourth-order valence-electron chi connectivity index (χ4n) is 1.96. The van der Waals surface area contributed by atoms with E-state index in [4.69, 9.17) is 4.74 Å². The molecular weight excluding hydrogens is 395 g/mol. The molecule has 0 fully saturated rings. The molecule has 0 unspecified atom stereocenters. The molecule has 8 heteroatoms. The van der Waals surface area contributed by atoms with Crippen molar-refractivity contribution in [1.29, 1.82) is 0 Å². The van der Waals surface area contributed by atoms with Crippen molar-refractivity contribution < 1.29 is 4.74 Å². The molecule has 118 valence electrons. The largest absolute Gasteiger partial charge is 0.486 e. The maximum Gasteiger partial charge on any atom is 0.191 e. The van der Waals surface area contributed by atoms with Gasteiger partial charge in [-0.05, 0) is 18.6 Å². The fraction of sp³-hybridized carbons (Fsp3) is 0.357. The van der Waals surface area contributed by atoms with E-state index in [1.165, 1.54) is 0 Å². The monoisotopic (exact) mass is 414 g/mol. The van der Waals surface area contributed by atoms with Crippen molar-refractivity contribution in [2.45, 2.75) is 19.6 Å². The first-order valence-corrected chi connectivity index (χ1v) is 7.00. The molecular formula is C14H19IN6O. The molecule has 0 atom stereocenters. The van der Waals surface area contributed by atoms with Gasteiger partial charge in [0.25, 0.3) is 0 Å². The lowest BCUT2D eigenvalue weighted by molar-refractivity contribution is 0.296. The number of nitrogens with one attached hydrogen (secondary N) is 3. The van der Waals surface area contributed by atoms with E-state index >= 15 is 0 Å². The average molecular weight is 414 g/mol. The Morgan fingerprint density at radius 3 is 2.86 bits per heavy atom. The van der Waals surface area contributed by atoms with Gasteiger partial charge in [0.1, 0.15) is 12.4 Å². The zero-order valence-corrected chi connectivity index (χ0v) is 14.4. The van der Waals surface area contributed by atoms with Gasteiger partial charge >= 0.3 is 0 Å². The zero-order valence-electron chi connectivity index (χ0n) is 12.1. The lowest BCUT2D eigenvalue weighted by atomic mass is 10.3. The lowest BCUT2D eigenvalue weighted by Crippen LogP contribution is -2.40. The Bertz CT molecular complexity index is 600. The molecule has 22 heavy (non-hydrogen) atoms. The highest BCUT2D eigenvalue weighted by molar-refractivity contribution is 14.0. The van der Waals surface area contributed by atoms with E-state index in [1.54, 1.807) is 0 Å². The number of nitrogens with zero attached hydrogens (tertiary/aromatic N) is 3. The number of halogens is 1. The first-order valence-electron chi connectivity index (χ1n) is 7.00. The number of hydrogen-bond acceptors (Lipinski definition) is 6. The highest BCUT2D eigenvalue weighted by Crippen LogP contribution is 2.09. The molecule has 7 nitrogen and oxygen atoms in total. The van der Waals surface area contributed by atoms with Crippen molar-refractivity contribution >= 4 is 29.9 Å². The SMILES string of the molecule is I.c1ccc(OCc2nc(CNC3=NCCCN3)n[nH]2)cc1. The third-order valence-electron chi connectivity index (χ3n) is 3.01. The summed E-state index contributed by atoms with van der Waals surface area (Å²) in [5, 5.41) is 13.4. The maximum atomic E-state index is 5.61. The molecule has 0 radical (unpaired) electrons. The van der Waals surface area contributed by atoms with Crippen molar-refractivity contribution in [2.24, 2.45) is 4.99 Å². The minimum Gasteiger partial charge on any atom is -0.486 e. The maximum absolute atomic E-state index is 5.61. The topological polar surface area (TPSA) is 87.2 Å². The van der Waals surface area contributed by atoms with Crippen molar-refractivity contribution in [3.05, 3.63) is 42.0 Å². The summed E-state index contributed by atoms with van der Waals surface area (Å²) in [5.74, 6) is 3.02. The van der Waals surface area contributed by atoms with Gasteiger partial charge in [0, 0.05) is 13.1 Å². The summed E-state index contributed by atoms with van der Waals surface area (Å²) in [4.78, 5) is 8.70. The number of para-hydroxylation sites is 1. The summed E-state index contributed by atoms with van der Waals surface area (Å²) in [6.45, 7) is 2.72. The van der Waals surface area contributed by atoms with E-state index in [9.17, 15) is 0 Å². The van der Waals surface area contributed by atoms with E-state index in [0.29, 0.717) is 24.8 Å². The van der Waals surface area contributed by atoms with E-state index in [-0.39, 0.29) is 24.0 Å². The third kappa shape index (κ3) is 4.86. The highest BCUT2D eigenvalue weighted by atomic mass is 127. The summed E-state index contributed by atoms with van der Waals surface area (Å²) < 4.78 is 5.61. The number of aliphatic imine (C=N–C) groups is 1. The number of rotatable bonds is 5. The first-order chi connectivity index (χ1) is 10.4. The quantitative estimate of drug-likeness (QED) is 0.645. The van der Waals surface area contributed by atoms with Crippen molar-refractivity contribution in [1.82, 2.24) is 25.8 Å². The van der Waals surface area contributed by atoms with Gasteiger partial charge in [0.2, 0.25) is 0 Å². The Balaban J connectivity index is 0.00000176. The molecule has 0 amide bonds. The van der Waals surface area contributed by atoms with Crippen LogP contribution in [0, 0.1) is 0 Å². The van der Waals surface area contributed by atoms with E-state index in [0.717, 1.165) is 31.2 Å². The second kappa shape index (κ2) is 8.57. The van der Waals surface area contributed by atoms with Gasteiger partial charge in [-0.2, -0.15) is 5.10 Å². The molecule has 3 N–H and O–H groups in total. The van der Waals surface area contributed by atoms with Gasteiger partial charge < -0.3 is 15.4 Å². The number of H-pyrrole nitrogens is 1. The molecule has 1 aliphatic heterocycles. The average Bonchev–Trinajstić information content (AvgIpc) is 3.01. The van der Waals surface area contributed by atoms with Gasteiger partial charge in [-0.15, -0.1) is 24.0 Å². The van der Waals surface area contributed by atoms with Crippen molar-refractivity contribution in [2.75, 3.05) is 13.1 Å². The molecule has 3 rings (SSSR count). The summed E-state index contributed by atoms with van der Waals surface area (Å²) in [6, 6.07) is 9.64. The van der Waals surface area contributed by atoms with E-state index < -0.39 is 0 Å². The van der Waals surface area contributed by atoms with Crippen LogP contribution in [0.3, 0.4) is 0 Å².